The molecule has 4 nitrogen and oxygen atoms in total. The Morgan fingerprint density at radius 2 is 1.87 bits per heavy atom. The third kappa shape index (κ3) is 4.88. The van der Waals surface area contributed by atoms with Gasteiger partial charge in [0, 0.05) is 30.3 Å². The van der Waals surface area contributed by atoms with Gasteiger partial charge in [-0.3, -0.25) is 9.59 Å². The summed E-state index contributed by atoms with van der Waals surface area (Å²) in [6.45, 7) is 1.64. The third-order valence-electron chi connectivity index (χ3n) is 3.15. The predicted molar refractivity (Wildman–Crippen MR) is 84.5 cm³/mol. The first-order valence-electron chi connectivity index (χ1n) is 7.05. The Bertz CT molecular complexity index is 732. The van der Waals surface area contributed by atoms with E-state index in [0.717, 1.165) is 12.1 Å². The van der Waals surface area contributed by atoms with Crippen molar-refractivity contribution in [3.05, 3.63) is 59.7 Å². The number of carbonyl (C=O) groups excluding carboxylic acids is 2. The van der Waals surface area contributed by atoms with Gasteiger partial charge in [0.2, 0.25) is 5.91 Å². The van der Waals surface area contributed by atoms with Crippen molar-refractivity contribution < 1.29 is 18.4 Å². The van der Waals surface area contributed by atoms with Crippen LogP contribution >= 0.6 is 0 Å². The monoisotopic (exact) mass is 318 g/mol. The van der Waals surface area contributed by atoms with Crippen LogP contribution < -0.4 is 10.6 Å². The first-order valence-corrected chi connectivity index (χ1v) is 7.05. The largest absolute Gasteiger partial charge is 0.382 e. The molecular weight excluding hydrogens is 302 g/mol. The molecular formula is C17H16F2N2O2. The molecule has 0 saturated carbocycles. The van der Waals surface area contributed by atoms with Gasteiger partial charge in [-0.2, -0.15) is 0 Å². The Morgan fingerprint density at radius 3 is 2.57 bits per heavy atom. The number of hydrogen-bond donors (Lipinski definition) is 2. The molecule has 0 fully saturated rings. The van der Waals surface area contributed by atoms with Gasteiger partial charge in [-0.05, 0) is 31.2 Å². The summed E-state index contributed by atoms with van der Waals surface area (Å²) in [5.41, 5.74) is 1.17. The van der Waals surface area contributed by atoms with E-state index in [2.05, 4.69) is 10.6 Å². The standard InChI is InChI=1S/C17H16F2N2O2/c1-11(22)12-3-2-4-14(9-12)21-17(23)7-8-20-16-6-5-13(18)10-15(16)19/h2-6,9-10,20H,7-8H2,1H3,(H,21,23). The molecule has 0 bridgehead atoms. The van der Waals surface area contributed by atoms with E-state index in [1.807, 2.05) is 0 Å². The van der Waals surface area contributed by atoms with Crippen LogP contribution in [0.25, 0.3) is 0 Å². The highest BCUT2D eigenvalue weighted by atomic mass is 19.1. The molecule has 2 aromatic carbocycles. The zero-order chi connectivity index (χ0) is 16.8. The van der Waals surface area contributed by atoms with Crippen LogP contribution in [0.15, 0.2) is 42.5 Å². The van der Waals surface area contributed by atoms with Crippen molar-refractivity contribution in [2.45, 2.75) is 13.3 Å². The minimum Gasteiger partial charge on any atom is -0.382 e. The van der Waals surface area contributed by atoms with Crippen molar-refractivity contribution in [2.75, 3.05) is 17.2 Å². The summed E-state index contributed by atoms with van der Waals surface area (Å²) in [5.74, 6) is -1.73. The van der Waals surface area contributed by atoms with Crippen molar-refractivity contribution in [2.24, 2.45) is 0 Å². The van der Waals surface area contributed by atoms with E-state index in [9.17, 15) is 18.4 Å². The fourth-order valence-corrected chi connectivity index (χ4v) is 1.98. The van der Waals surface area contributed by atoms with E-state index in [1.54, 1.807) is 24.3 Å². The summed E-state index contributed by atoms with van der Waals surface area (Å²) in [6.07, 6.45) is 0.0983. The van der Waals surface area contributed by atoms with Crippen molar-refractivity contribution in [1.29, 1.82) is 0 Å². The van der Waals surface area contributed by atoms with Crippen LogP contribution in [-0.2, 0) is 4.79 Å². The summed E-state index contributed by atoms with van der Waals surface area (Å²) >= 11 is 0. The Hall–Kier alpha value is -2.76. The first-order chi connectivity index (χ1) is 11.0. The van der Waals surface area contributed by atoms with Crippen LogP contribution in [0.2, 0.25) is 0 Å². The summed E-state index contributed by atoms with van der Waals surface area (Å²) in [5, 5.41) is 5.39. The Kier molecular flexibility index (Phi) is 5.41. The number of halogens is 2. The van der Waals surface area contributed by atoms with Crippen LogP contribution in [0, 0.1) is 11.6 Å². The molecule has 0 aromatic heterocycles. The van der Waals surface area contributed by atoms with Gasteiger partial charge in [-0.15, -0.1) is 0 Å². The van der Waals surface area contributed by atoms with Gasteiger partial charge in [0.15, 0.2) is 5.78 Å². The molecule has 0 aliphatic rings. The second kappa shape index (κ2) is 7.49. The maximum Gasteiger partial charge on any atom is 0.226 e. The minimum absolute atomic E-state index is 0.0884. The SMILES string of the molecule is CC(=O)c1cccc(NC(=O)CCNc2ccc(F)cc2F)c1. The maximum atomic E-state index is 13.4. The Labute approximate surface area is 132 Å². The highest BCUT2D eigenvalue weighted by Crippen LogP contribution is 2.15. The number of amides is 1. The zero-order valence-corrected chi connectivity index (χ0v) is 12.5. The molecule has 0 heterocycles. The average molecular weight is 318 g/mol. The zero-order valence-electron chi connectivity index (χ0n) is 12.5. The second-order valence-electron chi connectivity index (χ2n) is 4.99. The van der Waals surface area contributed by atoms with Crippen molar-refractivity contribution in [3.63, 3.8) is 0 Å². The van der Waals surface area contributed by atoms with Gasteiger partial charge in [0.1, 0.15) is 11.6 Å². The highest BCUT2D eigenvalue weighted by Gasteiger charge is 2.07. The van der Waals surface area contributed by atoms with E-state index in [1.165, 1.54) is 13.0 Å². The molecule has 6 heteroatoms. The van der Waals surface area contributed by atoms with Gasteiger partial charge in [0.05, 0.1) is 5.69 Å². The highest BCUT2D eigenvalue weighted by molar-refractivity contribution is 5.97. The van der Waals surface area contributed by atoms with Gasteiger partial charge >= 0.3 is 0 Å². The quantitative estimate of drug-likeness (QED) is 0.800. The van der Waals surface area contributed by atoms with Gasteiger partial charge in [-0.1, -0.05) is 12.1 Å². The molecule has 0 radical (unpaired) electrons. The van der Waals surface area contributed by atoms with Crippen LogP contribution in [0.5, 0.6) is 0 Å². The first kappa shape index (κ1) is 16.6. The van der Waals surface area contributed by atoms with E-state index >= 15 is 0 Å². The number of hydrogen-bond acceptors (Lipinski definition) is 3. The van der Waals surface area contributed by atoms with E-state index in [0.29, 0.717) is 11.3 Å². The summed E-state index contributed by atoms with van der Waals surface area (Å²) < 4.78 is 26.2. The molecule has 2 N–H and O–H groups in total. The molecule has 0 aliphatic heterocycles. The molecule has 0 unspecified atom stereocenters. The average Bonchev–Trinajstić information content (AvgIpc) is 2.49. The lowest BCUT2D eigenvalue weighted by atomic mass is 10.1. The summed E-state index contributed by atoms with van der Waals surface area (Å²) in [7, 11) is 0. The third-order valence-corrected chi connectivity index (χ3v) is 3.15. The molecule has 0 spiro atoms. The van der Waals surface area contributed by atoms with Crippen LogP contribution in [0.3, 0.4) is 0 Å². The van der Waals surface area contributed by atoms with Crippen molar-refractivity contribution in [1.82, 2.24) is 0 Å². The lowest BCUT2D eigenvalue weighted by molar-refractivity contribution is -0.115. The topological polar surface area (TPSA) is 58.2 Å². The number of rotatable bonds is 6. The van der Waals surface area contributed by atoms with E-state index in [4.69, 9.17) is 0 Å². The lowest BCUT2D eigenvalue weighted by Gasteiger charge is -2.09. The smallest absolute Gasteiger partial charge is 0.226 e. The predicted octanol–water partition coefficient (Wildman–Crippen LogP) is 3.61. The maximum absolute atomic E-state index is 13.4. The number of benzene rings is 2. The Balaban J connectivity index is 1.85. The summed E-state index contributed by atoms with van der Waals surface area (Å²) in [6, 6.07) is 9.80. The number of Topliss-reactive ketones (excluding diaryl/α,β-unsaturated/α-hetero) is 1. The summed E-state index contributed by atoms with van der Waals surface area (Å²) in [4.78, 5) is 23.1. The molecule has 0 atom stereocenters. The minimum atomic E-state index is -0.709. The van der Waals surface area contributed by atoms with Crippen molar-refractivity contribution >= 4 is 23.1 Å². The normalized spacial score (nSPS) is 10.2. The fraction of sp³-hybridized carbons (Fsp3) is 0.176. The molecule has 2 rings (SSSR count). The van der Waals surface area contributed by atoms with E-state index in [-0.39, 0.29) is 30.3 Å². The van der Waals surface area contributed by atoms with Gasteiger partial charge in [0.25, 0.3) is 0 Å². The van der Waals surface area contributed by atoms with Crippen LogP contribution in [0.4, 0.5) is 20.2 Å². The molecule has 2 aromatic rings. The van der Waals surface area contributed by atoms with E-state index < -0.39 is 11.6 Å². The number of ketones is 1. The second-order valence-corrected chi connectivity index (χ2v) is 4.99. The van der Waals surface area contributed by atoms with Gasteiger partial charge in [-0.25, -0.2) is 8.78 Å². The number of carbonyl (C=O) groups is 2. The van der Waals surface area contributed by atoms with Gasteiger partial charge < -0.3 is 10.6 Å². The molecule has 1 amide bonds. The molecule has 23 heavy (non-hydrogen) atoms. The fourth-order valence-electron chi connectivity index (χ4n) is 1.98. The lowest BCUT2D eigenvalue weighted by Crippen LogP contribution is -2.16. The Morgan fingerprint density at radius 1 is 1.09 bits per heavy atom. The molecule has 120 valence electrons. The van der Waals surface area contributed by atoms with Crippen molar-refractivity contribution in [3.8, 4) is 0 Å². The van der Waals surface area contributed by atoms with Crippen LogP contribution in [0.1, 0.15) is 23.7 Å². The number of anilines is 2. The molecule has 0 aliphatic carbocycles. The van der Waals surface area contributed by atoms with Crippen LogP contribution in [-0.4, -0.2) is 18.2 Å². The number of nitrogens with one attached hydrogen (secondary N) is 2. The molecule has 0 saturated heterocycles.